The topological polar surface area (TPSA) is 63.8 Å². The van der Waals surface area contributed by atoms with E-state index in [1.807, 2.05) is 91.0 Å². The van der Waals surface area contributed by atoms with Gasteiger partial charge < -0.3 is 9.94 Å². The van der Waals surface area contributed by atoms with Gasteiger partial charge in [-0.3, -0.25) is 9.36 Å². The monoisotopic (exact) mass is 410 g/mol. The Hall–Kier alpha value is -4.12. The molecule has 31 heavy (non-hydrogen) atoms. The summed E-state index contributed by atoms with van der Waals surface area (Å²) in [6, 6.07) is 30.0. The molecular weight excluding hydrogens is 388 g/mol. The fraction of sp³-hybridized carbons (Fsp3) is 0.0769. The summed E-state index contributed by atoms with van der Waals surface area (Å²) in [7, 11) is 0. The van der Waals surface area contributed by atoms with Gasteiger partial charge >= 0.3 is 0 Å². The zero-order valence-corrected chi connectivity index (χ0v) is 17.1. The van der Waals surface area contributed by atoms with Gasteiger partial charge in [-0.05, 0) is 30.2 Å². The fourth-order valence-electron chi connectivity index (χ4n) is 3.42. The molecule has 0 spiro atoms. The van der Waals surface area contributed by atoms with Crippen molar-refractivity contribution >= 4 is 5.71 Å². The average molecular weight is 410 g/mol. The van der Waals surface area contributed by atoms with Crippen LogP contribution in [0.25, 0.3) is 16.9 Å². The predicted octanol–water partition coefficient (Wildman–Crippen LogP) is 5.15. The van der Waals surface area contributed by atoms with Gasteiger partial charge in [0, 0.05) is 11.8 Å². The van der Waals surface area contributed by atoms with Crippen LogP contribution in [-0.2, 0) is 11.4 Å². The Morgan fingerprint density at radius 1 is 0.903 bits per heavy atom. The number of nitrogens with zero attached hydrogens (tertiary/aromatic N) is 2. The molecule has 0 aliphatic carbocycles. The second-order valence-corrected chi connectivity index (χ2v) is 7.07. The standard InChI is InChI=1S/C26H22N2O3/c1-19(27-31-18-20-11-5-2-6-12-20)25-24(29)17-23(21-13-7-3-8-14-21)28(26(25)30)22-15-9-4-10-16-22/h2-17,29H,18H2,1H3/b27-19-. The number of benzene rings is 3. The van der Waals surface area contributed by atoms with Crippen LogP contribution >= 0.6 is 0 Å². The number of rotatable bonds is 6. The number of aromatic nitrogens is 1. The number of hydrogen-bond acceptors (Lipinski definition) is 4. The third-order valence-electron chi connectivity index (χ3n) is 4.91. The van der Waals surface area contributed by atoms with Gasteiger partial charge in [0.2, 0.25) is 0 Å². The van der Waals surface area contributed by atoms with E-state index in [-0.39, 0.29) is 23.5 Å². The summed E-state index contributed by atoms with van der Waals surface area (Å²) < 4.78 is 1.58. The molecule has 0 radical (unpaired) electrons. The molecule has 5 nitrogen and oxygen atoms in total. The van der Waals surface area contributed by atoms with Crippen molar-refractivity contribution in [1.82, 2.24) is 4.57 Å². The Bertz CT molecular complexity index is 1250. The van der Waals surface area contributed by atoms with Gasteiger partial charge in [0.25, 0.3) is 5.56 Å². The van der Waals surface area contributed by atoms with Crippen molar-refractivity contribution in [3.63, 3.8) is 0 Å². The summed E-state index contributed by atoms with van der Waals surface area (Å²) in [5.74, 6) is -0.138. The van der Waals surface area contributed by atoms with Crippen LogP contribution in [0, 0.1) is 0 Å². The second-order valence-electron chi connectivity index (χ2n) is 7.07. The second kappa shape index (κ2) is 9.13. The first kappa shape index (κ1) is 20.2. The number of pyridine rings is 1. The molecule has 4 rings (SSSR count). The molecule has 1 aromatic heterocycles. The molecule has 4 aromatic rings. The van der Waals surface area contributed by atoms with Gasteiger partial charge in [-0.2, -0.15) is 0 Å². The molecule has 0 saturated heterocycles. The number of oxime groups is 1. The highest BCUT2D eigenvalue weighted by molar-refractivity contribution is 6.00. The predicted molar refractivity (Wildman–Crippen MR) is 123 cm³/mol. The van der Waals surface area contributed by atoms with Crippen molar-refractivity contribution in [1.29, 1.82) is 0 Å². The number of hydrogen-bond donors (Lipinski definition) is 1. The van der Waals surface area contributed by atoms with Gasteiger partial charge in [-0.15, -0.1) is 0 Å². The summed E-state index contributed by atoms with van der Waals surface area (Å²) in [5, 5.41) is 14.8. The highest BCUT2D eigenvalue weighted by Gasteiger charge is 2.19. The molecule has 0 aliphatic rings. The lowest BCUT2D eigenvalue weighted by Gasteiger charge is -2.16. The van der Waals surface area contributed by atoms with E-state index in [4.69, 9.17) is 4.84 Å². The van der Waals surface area contributed by atoms with Crippen molar-refractivity contribution in [3.8, 4) is 22.7 Å². The maximum Gasteiger partial charge on any atom is 0.268 e. The lowest BCUT2D eigenvalue weighted by atomic mass is 10.1. The maximum absolute atomic E-state index is 13.5. The van der Waals surface area contributed by atoms with E-state index in [0.29, 0.717) is 17.1 Å². The van der Waals surface area contributed by atoms with Crippen LogP contribution < -0.4 is 5.56 Å². The van der Waals surface area contributed by atoms with E-state index in [0.717, 1.165) is 11.1 Å². The summed E-state index contributed by atoms with van der Waals surface area (Å²) in [4.78, 5) is 19.0. The van der Waals surface area contributed by atoms with Crippen LogP contribution in [0.4, 0.5) is 0 Å². The first-order valence-electron chi connectivity index (χ1n) is 9.96. The Kier molecular flexibility index (Phi) is 5.94. The maximum atomic E-state index is 13.5. The Labute approximate surface area is 180 Å². The first-order chi connectivity index (χ1) is 15.1. The average Bonchev–Trinajstić information content (AvgIpc) is 2.80. The van der Waals surface area contributed by atoms with E-state index >= 15 is 0 Å². The highest BCUT2D eigenvalue weighted by atomic mass is 16.6. The van der Waals surface area contributed by atoms with E-state index in [2.05, 4.69) is 5.16 Å². The zero-order valence-electron chi connectivity index (χ0n) is 17.1. The van der Waals surface area contributed by atoms with Crippen molar-refractivity contribution < 1.29 is 9.94 Å². The van der Waals surface area contributed by atoms with Crippen LogP contribution in [0.3, 0.4) is 0 Å². The van der Waals surface area contributed by atoms with Crippen molar-refractivity contribution in [3.05, 3.63) is 119 Å². The van der Waals surface area contributed by atoms with Crippen LogP contribution in [0.15, 0.2) is 107 Å². The summed E-state index contributed by atoms with van der Waals surface area (Å²) >= 11 is 0. The fourth-order valence-corrected chi connectivity index (χ4v) is 3.42. The van der Waals surface area contributed by atoms with Crippen molar-refractivity contribution in [2.75, 3.05) is 0 Å². The summed E-state index contributed by atoms with van der Waals surface area (Å²) in [6.45, 7) is 1.92. The molecule has 5 heteroatoms. The largest absolute Gasteiger partial charge is 0.507 e. The minimum absolute atomic E-state index is 0.108. The molecule has 0 aliphatic heterocycles. The quantitative estimate of drug-likeness (QED) is 0.353. The first-order valence-corrected chi connectivity index (χ1v) is 9.96. The Balaban J connectivity index is 1.79. The molecule has 1 N–H and O–H groups in total. The lowest BCUT2D eigenvalue weighted by Crippen LogP contribution is -2.26. The van der Waals surface area contributed by atoms with E-state index in [9.17, 15) is 9.90 Å². The minimum Gasteiger partial charge on any atom is -0.507 e. The van der Waals surface area contributed by atoms with Gasteiger partial charge in [0.1, 0.15) is 17.9 Å². The number of para-hydroxylation sites is 1. The van der Waals surface area contributed by atoms with Gasteiger partial charge in [0.05, 0.1) is 11.4 Å². The van der Waals surface area contributed by atoms with Crippen LogP contribution in [0.5, 0.6) is 5.75 Å². The van der Waals surface area contributed by atoms with E-state index in [1.165, 1.54) is 0 Å². The lowest BCUT2D eigenvalue weighted by molar-refractivity contribution is 0.130. The SMILES string of the molecule is C/C(=N/OCc1ccccc1)c1c(O)cc(-c2ccccc2)n(-c2ccccc2)c1=O. The molecule has 3 aromatic carbocycles. The van der Waals surface area contributed by atoms with Gasteiger partial charge in [0.15, 0.2) is 0 Å². The van der Waals surface area contributed by atoms with Crippen LogP contribution in [0.2, 0.25) is 0 Å². The Morgan fingerprint density at radius 3 is 2.13 bits per heavy atom. The van der Waals surface area contributed by atoms with Crippen molar-refractivity contribution in [2.45, 2.75) is 13.5 Å². The smallest absolute Gasteiger partial charge is 0.268 e. The molecule has 0 saturated carbocycles. The molecule has 0 atom stereocenters. The Morgan fingerprint density at radius 2 is 1.48 bits per heavy atom. The third-order valence-corrected chi connectivity index (χ3v) is 4.91. The summed E-state index contributed by atoms with van der Waals surface area (Å²) in [5.41, 5.74) is 3.13. The molecule has 0 fully saturated rings. The van der Waals surface area contributed by atoms with Crippen molar-refractivity contribution in [2.24, 2.45) is 5.16 Å². The highest BCUT2D eigenvalue weighted by Crippen LogP contribution is 2.27. The molecule has 154 valence electrons. The minimum atomic E-state index is -0.366. The molecule has 0 unspecified atom stereocenters. The van der Waals surface area contributed by atoms with E-state index in [1.54, 1.807) is 17.6 Å². The molecular formula is C26H22N2O3. The third kappa shape index (κ3) is 4.41. The number of aromatic hydroxyl groups is 1. The molecule has 1 heterocycles. The molecule has 0 amide bonds. The molecule has 0 bridgehead atoms. The van der Waals surface area contributed by atoms with Gasteiger partial charge in [-0.1, -0.05) is 84.0 Å². The van der Waals surface area contributed by atoms with Crippen LogP contribution in [0.1, 0.15) is 18.1 Å². The van der Waals surface area contributed by atoms with Crippen LogP contribution in [-0.4, -0.2) is 15.4 Å². The van der Waals surface area contributed by atoms with E-state index < -0.39 is 0 Å². The van der Waals surface area contributed by atoms with Gasteiger partial charge in [-0.25, -0.2) is 0 Å². The normalized spacial score (nSPS) is 11.3. The summed E-state index contributed by atoms with van der Waals surface area (Å²) in [6.07, 6.45) is 0. The zero-order chi connectivity index (χ0) is 21.6.